The maximum absolute atomic E-state index is 11.4. The summed E-state index contributed by atoms with van der Waals surface area (Å²) in [5.74, 6) is 0.0196. The Balaban J connectivity index is 1.83. The Bertz CT molecular complexity index is 504. The Morgan fingerprint density at radius 2 is 2.00 bits per heavy atom. The number of carbonyl (C=O) groups is 1. The van der Waals surface area contributed by atoms with Crippen molar-refractivity contribution >= 4 is 5.97 Å². The molecule has 2 aliphatic rings. The quantitative estimate of drug-likeness (QED) is 0.859. The molecule has 0 spiro atoms. The molecular formula is C17H23NO3. The molecule has 0 saturated carbocycles. The summed E-state index contributed by atoms with van der Waals surface area (Å²) in [5.41, 5.74) is 1.26. The van der Waals surface area contributed by atoms with Crippen molar-refractivity contribution in [2.24, 2.45) is 5.92 Å². The van der Waals surface area contributed by atoms with Crippen LogP contribution in [0.15, 0.2) is 30.3 Å². The van der Waals surface area contributed by atoms with E-state index >= 15 is 0 Å². The standard InChI is InChI=1S/C17H23NO3/c1-11(19)21-17-10-15-16(20)9-14(18(15)2)13(17)8-12-6-4-3-5-7-12/h3-7,13-17,20H,8-10H2,1-2H3/t13-,14+,15+,16-,17+/m0/s1. The molecule has 0 radical (unpaired) electrons. The number of piperidine rings is 1. The summed E-state index contributed by atoms with van der Waals surface area (Å²) in [5, 5.41) is 10.2. The number of hydrogen-bond acceptors (Lipinski definition) is 4. The van der Waals surface area contributed by atoms with E-state index in [0.717, 1.165) is 19.3 Å². The molecule has 1 aromatic rings. The number of carbonyl (C=O) groups excluding carboxylic acids is 1. The first-order valence-electron chi connectivity index (χ1n) is 7.67. The predicted molar refractivity (Wildman–Crippen MR) is 79.8 cm³/mol. The number of ether oxygens (including phenoxy) is 1. The second-order valence-corrected chi connectivity index (χ2v) is 6.34. The molecule has 3 rings (SSSR count). The summed E-state index contributed by atoms with van der Waals surface area (Å²) in [4.78, 5) is 13.7. The van der Waals surface area contributed by atoms with E-state index in [2.05, 4.69) is 24.1 Å². The average Bonchev–Trinajstić information content (AvgIpc) is 2.64. The van der Waals surface area contributed by atoms with Crippen LogP contribution in [-0.2, 0) is 16.0 Å². The molecule has 114 valence electrons. The smallest absolute Gasteiger partial charge is 0.302 e. The molecule has 4 heteroatoms. The molecular weight excluding hydrogens is 266 g/mol. The van der Waals surface area contributed by atoms with Crippen LogP contribution >= 0.6 is 0 Å². The van der Waals surface area contributed by atoms with Gasteiger partial charge >= 0.3 is 5.97 Å². The first-order valence-corrected chi connectivity index (χ1v) is 7.67. The van der Waals surface area contributed by atoms with Crippen molar-refractivity contribution in [3.8, 4) is 0 Å². The molecule has 0 unspecified atom stereocenters. The van der Waals surface area contributed by atoms with E-state index in [1.807, 2.05) is 18.2 Å². The zero-order chi connectivity index (χ0) is 15.0. The first kappa shape index (κ1) is 14.5. The van der Waals surface area contributed by atoms with Gasteiger partial charge in [0.1, 0.15) is 6.10 Å². The topological polar surface area (TPSA) is 49.8 Å². The molecule has 2 heterocycles. The maximum Gasteiger partial charge on any atom is 0.302 e. The number of nitrogens with zero attached hydrogens (tertiary/aromatic N) is 1. The fourth-order valence-corrected chi connectivity index (χ4v) is 4.05. The van der Waals surface area contributed by atoms with Gasteiger partial charge in [-0.2, -0.15) is 0 Å². The number of aliphatic hydroxyl groups is 1. The third-order valence-electron chi connectivity index (χ3n) is 5.05. The van der Waals surface area contributed by atoms with Crippen LogP contribution in [-0.4, -0.2) is 47.3 Å². The Morgan fingerprint density at radius 1 is 1.29 bits per heavy atom. The van der Waals surface area contributed by atoms with Gasteiger partial charge in [0.2, 0.25) is 0 Å². The second kappa shape index (κ2) is 5.78. The van der Waals surface area contributed by atoms with E-state index in [-0.39, 0.29) is 36.2 Å². The van der Waals surface area contributed by atoms with Crippen molar-refractivity contribution in [2.75, 3.05) is 7.05 Å². The molecule has 2 bridgehead atoms. The summed E-state index contributed by atoms with van der Waals surface area (Å²) in [7, 11) is 2.08. The predicted octanol–water partition coefficient (Wildman–Crippen LogP) is 1.61. The molecule has 1 N–H and O–H groups in total. The second-order valence-electron chi connectivity index (χ2n) is 6.34. The van der Waals surface area contributed by atoms with Crippen molar-refractivity contribution in [3.63, 3.8) is 0 Å². The van der Waals surface area contributed by atoms with Gasteiger partial charge in [-0.25, -0.2) is 0 Å². The molecule has 21 heavy (non-hydrogen) atoms. The van der Waals surface area contributed by atoms with Crippen molar-refractivity contribution < 1.29 is 14.6 Å². The van der Waals surface area contributed by atoms with E-state index in [4.69, 9.17) is 4.74 Å². The van der Waals surface area contributed by atoms with Gasteiger partial charge in [0.15, 0.2) is 0 Å². The molecule has 1 aromatic carbocycles. The average molecular weight is 289 g/mol. The van der Waals surface area contributed by atoms with Crippen LogP contribution in [0.1, 0.15) is 25.3 Å². The number of esters is 1. The van der Waals surface area contributed by atoms with Gasteiger partial charge in [-0.1, -0.05) is 30.3 Å². The van der Waals surface area contributed by atoms with Crippen molar-refractivity contribution in [3.05, 3.63) is 35.9 Å². The van der Waals surface area contributed by atoms with Gasteiger partial charge in [-0.3, -0.25) is 9.69 Å². The minimum atomic E-state index is -0.307. The lowest BCUT2D eigenvalue weighted by Crippen LogP contribution is -2.52. The van der Waals surface area contributed by atoms with Crippen LogP contribution in [0, 0.1) is 5.92 Å². The van der Waals surface area contributed by atoms with Crippen LogP contribution < -0.4 is 0 Å². The highest BCUT2D eigenvalue weighted by molar-refractivity contribution is 5.66. The molecule has 5 atom stereocenters. The summed E-state index contributed by atoms with van der Waals surface area (Å²) in [6, 6.07) is 10.7. The van der Waals surface area contributed by atoms with Crippen LogP contribution in [0.2, 0.25) is 0 Å². The monoisotopic (exact) mass is 289 g/mol. The van der Waals surface area contributed by atoms with Crippen molar-refractivity contribution in [1.29, 1.82) is 0 Å². The van der Waals surface area contributed by atoms with Gasteiger partial charge in [0.25, 0.3) is 0 Å². The summed E-state index contributed by atoms with van der Waals surface area (Å²) in [6.45, 7) is 1.47. The van der Waals surface area contributed by atoms with Gasteiger partial charge in [0.05, 0.1) is 6.10 Å². The lowest BCUT2D eigenvalue weighted by molar-refractivity contribution is -0.154. The first-order chi connectivity index (χ1) is 10.1. The Labute approximate surface area is 125 Å². The third-order valence-corrected chi connectivity index (χ3v) is 5.05. The molecule has 4 nitrogen and oxygen atoms in total. The fraction of sp³-hybridized carbons (Fsp3) is 0.588. The van der Waals surface area contributed by atoms with Crippen molar-refractivity contribution in [1.82, 2.24) is 4.90 Å². The van der Waals surface area contributed by atoms with Crippen LogP contribution in [0.3, 0.4) is 0 Å². The number of hydrogen-bond donors (Lipinski definition) is 1. The summed E-state index contributed by atoms with van der Waals surface area (Å²) >= 11 is 0. The largest absolute Gasteiger partial charge is 0.462 e. The number of rotatable bonds is 3. The number of fused-ring (bicyclic) bond motifs is 2. The van der Waals surface area contributed by atoms with Gasteiger partial charge in [0, 0.05) is 31.3 Å². The minimum Gasteiger partial charge on any atom is -0.462 e. The van der Waals surface area contributed by atoms with Crippen LogP contribution in [0.4, 0.5) is 0 Å². The highest BCUT2D eigenvalue weighted by Crippen LogP contribution is 2.41. The van der Waals surface area contributed by atoms with E-state index in [0.29, 0.717) is 0 Å². The molecule has 2 fully saturated rings. The highest BCUT2D eigenvalue weighted by Gasteiger charge is 2.50. The molecule has 2 saturated heterocycles. The van der Waals surface area contributed by atoms with E-state index in [9.17, 15) is 9.90 Å². The Kier molecular flexibility index (Phi) is 4.00. The lowest BCUT2D eigenvalue weighted by atomic mass is 9.83. The fourth-order valence-electron chi connectivity index (χ4n) is 4.05. The number of benzene rings is 1. The van der Waals surface area contributed by atoms with Gasteiger partial charge in [-0.15, -0.1) is 0 Å². The van der Waals surface area contributed by atoms with E-state index < -0.39 is 0 Å². The minimum absolute atomic E-state index is 0.0916. The number of likely N-dealkylation sites (N-methyl/N-ethyl adjacent to an activating group) is 1. The Hall–Kier alpha value is -1.39. The van der Waals surface area contributed by atoms with Gasteiger partial charge < -0.3 is 9.84 Å². The zero-order valence-electron chi connectivity index (χ0n) is 12.6. The summed E-state index contributed by atoms with van der Waals surface area (Å²) in [6.07, 6.45) is 1.99. The molecule has 0 aliphatic carbocycles. The normalized spacial score (nSPS) is 35.7. The number of aliphatic hydroxyl groups excluding tert-OH is 1. The summed E-state index contributed by atoms with van der Waals surface area (Å²) < 4.78 is 5.58. The van der Waals surface area contributed by atoms with E-state index in [1.54, 1.807) is 0 Å². The lowest BCUT2D eigenvalue weighted by Gasteiger charge is -2.42. The SMILES string of the molecule is CC(=O)O[C@@H]1C[C@@H]2[C@@H](O)C[C@H]([C@@H]1Cc1ccccc1)N2C. The Morgan fingerprint density at radius 3 is 2.67 bits per heavy atom. The zero-order valence-corrected chi connectivity index (χ0v) is 12.6. The van der Waals surface area contributed by atoms with Crippen molar-refractivity contribution in [2.45, 2.75) is 50.5 Å². The maximum atomic E-state index is 11.4. The van der Waals surface area contributed by atoms with Gasteiger partial charge in [-0.05, 0) is 25.5 Å². The highest BCUT2D eigenvalue weighted by atomic mass is 16.5. The van der Waals surface area contributed by atoms with Crippen LogP contribution in [0.25, 0.3) is 0 Å². The molecule has 2 aliphatic heterocycles. The van der Waals surface area contributed by atoms with Crippen LogP contribution in [0.5, 0.6) is 0 Å². The molecule has 0 amide bonds. The third kappa shape index (κ3) is 2.83. The molecule has 0 aromatic heterocycles. The van der Waals surface area contributed by atoms with E-state index in [1.165, 1.54) is 12.5 Å².